The van der Waals surface area contributed by atoms with E-state index in [1.165, 1.54) is 36.4 Å². The molecule has 0 aliphatic carbocycles. The van der Waals surface area contributed by atoms with Gasteiger partial charge < -0.3 is 13.9 Å². The summed E-state index contributed by atoms with van der Waals surface area (Å²) in [6, 6.07) is 60.5. The van der Waals surface area contributed by atoms with Gasteiger partial charge in [0.1, 0.15) is 5.82 Å². The third kappa shape index (κ3) is 8.42. The molecule has 12 aromatic rings. The number of fused-ring (bicyclic) bond motifs is 10. The van der Waals surface area contributed by atoms with Gasteiger partial charge >= 0.3 is 0 Å². The summed E-state index contributed by atoms with van der Waals surface area (Å²) in [6.45, 7) is 1.51. The minimum Gasteiger partial charge on any atom is -0.510 e. The molecule has 0 unspecified atom stereocenters. The van der Waals surface area contributed by atoms with Gasteiger partial charge in [0.25, 0.3) is 6.33 Å². The average molecular weight is 1200 g/mol. The van der Waals surface area contributed by atoms with Gasteiger partial charge in [0.05, 0.1) is 16.7 Å². The van der Waals surface area contributed by atoms with Crippen molar-refractivity contribution in [3.05, 3.63) is 234 Å². The minimum atomic E-state index is -2.80. The van der Waals surface area contributed by atoms with Crippen molar-refractivity contribution in [2.75, 3.05) is 0 Å². The number of imidazole rings is 1. The Bertz CT molecular complexity index is 4800. The summed E-state index contributed by atoms with van der Waals surface area (Å²) < 4.78 is 120. The Balaban J connectivity index is 0.00000785. The molecule has 0 N–H and O–H groups in total. The van der Waals surface area contributed by atoms with Gasteiger partial charge in [0.15, 0.2) is 0 Å². The number of hydrogen-bond donors (Lipinski definition) is 0. The molecule has 4 heterocycles. The van der Waals surface area contributed by atoms with Crippen molar-refractivity contribution in [1.29, 1.82) is 0 Å². The maximum absolute atomic E-state index is 9.05. The standard InChI is InChI=1S/C72H60N4O.Pt/c1-44-20-17-21-45(2)67(44)48-36-60-56-28-13-11-26-54(56)55-27-12-14-29-57(55)61-38-50(72(8,9)10)39-62(68-46(3)22-18-23-47(68)4)69(61)75-43-74(65(37-48)70(60)75)51-24-19-25-52(41-51)77-53-32-33-59-58-30-15-16-31-63(58)76(64(59)42-53)66-40-49(34-35-73-66)71(5,6)7;/h11-40H,1-10H3;/q-2;/i1D3,2D3,3D3,4D3;. The van der Waals surface area contributed by atoms with Crippen LogP contribution >= 0.6 is 0 Å². The first-order valence-electron chi connectivity index (χ1n) is 31.8. The SMILES string of the molecule is [2H]C([2H])([2H])c1cccc(C([2H])([2H])[2H])c1-c1cc2c3c(c1)n(-c1[c-]c(Oc4[c-]c5c(cc4)c4ccccc4n5-c4cc(C(C)(C)C)ccn4)ccc1)[c-][n+]3-c1c(cc(C(C)(C)C)cc1-c1c(C([2H])([2H])[2H])cccc1C([2H])([2H])[2H])-c1ccccc1-c1ccccc1-2.[Pt]. The van der Waals surface area contributed by atoms with Crippen LogP contribution in [0, 0.1) is 45.9 Å². The molecule has 3 aromatic heterocycles. The number of para-hydroxylation sites is 1. The second kappa shape index (κ2) is 19.1. The number of ether oxygens (including phenoxy) is 1. The molecule has 0 saturated carbocycles. The van der Waals surface area contributed by atoms with E-state index in [4.69, 9.17) is 26.2 Å². The fourth-order valence-corrected chi connectivity index (χ4v) is 11.2. The molecule has 0 radical (unpaired) electrons. The molecule has 0 fully saturated rings. The van der Waals surface area contributed by atoms with Crippen molar-refractivity contribution in [3.8, 4) is 84.3 Å². The van der Waals surface area contributed by atoms with Gasteiger partial charge in [-0.1, -0.05) is 168 Å². The van der Waals surface area contributed by atoms with Gasteiger partial charge in [-0.05, 0) is 163 Å². The maximum atomic E-state index is 9.05. The van der Waals surface area contributed by atoms with E-state index in [1.54, 1.807) is 16.7 Å². The van der Waals surface area contributed by atoms with Crippen LogP contribution < -0.4 is 9.30 Å². The molecular formula is C72H60N4OPt-2. The summed E-state index contributed by atoms with van der Waals surface area (Å²) in [7, 11) is 0. The Hall–Kier alpha value is -8.11. The van der Waals surface area contributed by atoms with Crippen LogP contribution in [0.5, 0.6) is 11.5 Å². The number of benzene rings is 9. The third-order valence-electron chi connectivity index (χ3n) is 15.0. The number of pyridine rings is 1. The molecule has 6 heteroatoms. The molecule has 9 aromatic carbocycles. The molecule has 386 valence electrons. The van der Waals surface area contributed by atoms with E-state index in [0.29, 0.717) is 50.4 Å². The number of aryl methyl sites for hydroxylation is 4. The minimum absolute atomic E-state index is 0. The van der Waals surface area contributed by atoms with Gasteiger partial charge in [-0.2, -0.15) is 18.2 Å². The fraction of sp³-hybridized carbons (Fsp3) is 0.167. The molecule has 5 nitrogen and oxygen atoms in total. The summed E-state index contributed by atoms with van der Waals surface area (Å²) in [5, 5.41) is 1.96. The van der Waals surface area contributed by atoms with Crippen LogP contribution in [0.2, 0.25) is 0 Å². The summed E-state index contributed by atoms with van der Waals surface area (Å²) in [6.07, 6.45) is 5.53. The van der Waals surface area contributed by atoms with Crippen LogP contribution in [-0.4, -0.2) is 14.1 Å². The summed E-state index contributed by atoms with van der Waals surface area (Å²) >= 11 is 0. The zero-order valence-electron chi connectivity index (χ0n) is 55.8. The first kappa shape index (κ1) is 38.4. The zero-order valence-corrected chi connectivity index (χ0v) is 46.1. The van der Waals surface area contributed by atoms with Gasteiger partial charge in [-0.15, -0.1) is 29.7 Å². The van der Waals surface area contributed by atoms with E-state index in [2.05, 4.69) is 68.1 Å². The molecule has 0 bridgehead atoms. The van der Waals surface area contributed by atoms with Crippen molar-refractivity contribution in [1.82, 2.24) is 14.1 Å². The van der Waals surface area contributed by atoms with Crippen LogP contribution in [0.1, 0.15) is 91.4 Å². The van der Waals surface area contributed by atoms with Crippen LogP contribution in [-0.2, 0) is 31.9 Å². The summed E-state index contributed by atoms with van der Waals surface area (Å²) in [5.41, 5.74) is 8.66. The van der Waals surface area contributed by atoms with E-state index in [9.17, 15) is 0 Å². The normalized spacial score (nSPS) is 15.1. The van der Waals surface area contributed by atoms with Crippen LogP contribution in [0.3, 0.4) is 0 Å². The molecule has 1 aliphatic heterocycles. The van der Waals surface area contributed by atoms with Crippen LogP contribution in [0.4, 0.5) is 0 Å². The van der Waals surface area contributed by atoms with Gasteiger partial charge in [-0.3, -0.25) is 4.57 Å². The third-order valence-corrected chi connectivity index (χ3v) is 15.0. The molecule has 0 saturated heterocycles. The molecule has 78 heavy (non-hydrogen) atoms. The van der Waals surface area contributed by atoms with Crippen molar-refractivity contribution in [2.45, 2.75) is 79.8 Å². The Morgan fingerprint density at radius 3 is 1.76 bits per heavy atom. The Labute approximate surface area is 489 Å². The van der Waals surface area contributed by atoms with Crippen LogP contribution in [0.15, 0.2) is 182 Å². The number of rotatable bonds is 6. The van der Waals surface area contributed by atoms with E-state index >= 15 is 0 Å². The number of nitrogens with zero attached hydrogens (tertiary/aromatic N) is 4. The summed E-state index contributed by atoms with van der Waals surface area (Å²) in [4.78, 5) is 4.86. The molecule has 0 spiro atoms. The molecule has 0 atom stereocenters. The maximum Gasteiger partial charge on any atom is 0.268 e. The summed E-state index contributed by atoms with van der Waals surface area (Å²) in [5.74, 6) is 1.39. The largest absolute Gasteiger partial charge is 0.510 e. The Kier molecular flexibility index (Phi) is 9.42. The molecule has 1 aliphatic rings. The van der Waals surface area contributed by atoms with E-state index in [0.717, 1.165) is 55.4 Å². The first-order valence-corrected chi connectivity index (χ1v) is 25.8. The van der Waals surface area contributed by atoms with Crippen LogP contribution in [0.25, 0.3) is 106 Å². The van der Waals surface area contributed by atoms with Gasteiger partial charge in [0.2, 0.25) is 0 Å². The average Bonchev–Trinajstić information content (AvgIpc) is 1.47. The Morgan fingerprint density at radius 1 is 0.500 bits per heavy atom. The topological polar surface area (TPSA) is 35.9 Å². The Morgan fingerprint density at radius 2 is 1.09 bits per heavy atom. The monoisotopic (exact) mass is 1200 g/mol. The number of aromatic nitrogens is 4. The predicted octanol–water partition coefficient (Wildman–Crippen LogP) is 18.1. The number of hydrogen-bond acceptors (Lipinski definition) is 2. The second-order valence-corrected chi connectivity index (χ2v) is 22.0. The second-order valence-electron chi connectivity index (χ2n) is 22.0. The van der Waals surface area contributed by atoms with Crippen molar-refractivity contribution < 1.29 is 46.8 Å². The predicted molar refractivity (Wildman–Crippen MR) is 317 cm³/mol. The molecule has 0 amide bonds. The van der Waals surface area contributed by atoms with Crippen molar-refractivity contribution >= 4 is 32.8 Å². The van der Waals surface area contributed by atoms with Crippen molar-refractivity contribution in [3.63, 3.8) is 0 Å². The van der Waals surface area contributed by atoms with E-state index < -0.39 is 32.8 Å². The molecule has 13 rings (SSSR count). The van der Waals surface area contributed by atoms with Gasteiger partial charge in [-0.25, -0.2) is 4.98 Å². The fourth-order valence-electron chi connectivity index (χ4n) is 11.2. The van der Waals surface area contributed by atoms with Gasteiger partial charge in [0, 0.05) is 60.7 Å². The zero-order chi connectivity index (χ0) is 63.1. The smallest absolute Gasteiger partial charge is 0.268 e. The molecular weight excluding hydrogens is 1130 g/mol. The first-order chi connectivity index (χ1) is 41.9. The van der Waals surface area contributed by atoms with E-state index in [-0.39, 0.29) is 71.2 Å². The van der Waals surface area contributed by atoms with Crippen molar-refractivity contribution in [2.24, 2.45) is 0 Å². The quantitative estimate of drug-likeness (QED) is 0.123. The van der Waals surface area contributed by atoms with E-state index in [1.807, 2.05) is 135 Å².